The molecule has 0 unspecified atom stereocenters. The van der Waals surface area contributed by atoms with Crippen LogP contribution in [0.15, 0.2) is 24.3 Å². The Bertz CT molecular complexity index is 468. The van der Waals surface area contributed by atoms with E-state index in [1.54, 1.807) is 18.2 Å². The van der Waals surface area contributed by atoms with Crippen LogP contribution in [0.25, 0.3) is 10.9 Å². The number of aromatic nitrogens is 1. The van der Waals surface area contributed by atoms with Crippen LogP contribution in [-0.4, -0.2) is 4.98 Å². The molecule has 0 aliphatic heterocycles. The van der Waals surface area contributed by atoms with Crippen molar-refractivity contribution in [1.29, 1.82) is 0 Å². The molecule has 0 atom stereocenters. The lowest BCUT2D eigenvalue weighted by molar-refractivity contribution is 1.41. The Morgan fingerprint density at radius 2 is 1.92 bits per heavy atom. The Morgan fingerprint density at radius 1 is 1.15 bits per heavy atom. The maximum absolute atomic E-state index is 5.93. The van der Waals surface area contributed by atoms with E-state index in [9.17, 15) is 0 Å². The van der Waals surface area contributed by atoms with Crippen molar-refractivity contribution in [2.45, 2.75) is 0 Å². The van der Waals surface area contributed by atoms with Gasteiger partial charge < -0.3 is 5.73 Å². The number of hydrogen-bond donors (Lipinski definition) is 1. The lowest BCUT2D eigenvalue weighted by Gasteiger charge is -2.01. The van der Waals surface area contributed by atoms with E-state index in [1.165, 1.54) is 0 Å². The second-order valence-electron chi connectivity index (χ2n) is 2.70. The van der Waals surface area contributed by atoms with Crippen molar-refractivity contribution < 1.29 is 0 Å². The molecule has 0 amide bonds. The van der Waals surface area contributed by atoms with Gasteiger partial charge in [-0.25, -0.2) is 4.98 Å². The zero-order chi connectivity index (χ0) is 9.42. The van der Waals surface area contributed by atoms with E-state index in [0.717, 1.165) is 5.39 Å². The summed E-state index contributed by atoms with van der Waals surface area (Å²) >= 11 is 11.8. The van der Waals surface area contributed by atoms with Crippen LogP contribution in [0, 0.1) is 0 Å². The molecule has 0 radical (unpaired) electrons. The van der Waals surface area contributed by atoms with Crippen molar-refractivity contribution in [3.05, 3.63) is 34.3 Å². The van der Waals surface area contributed by atoms with Crippen LogP contribution in [0.5, 0.6) is 0 Å². The molecule has 2 rings (SSSR count). The van der Waals surface area contributed by atoms with Crippen LogP contribution in [0.3, 0.4) is 0 Å². The van der Waals surface area contributed by atoms with E-state index in [2.05, 4.69) is 4.98 Å². The molecule has 1 aromatic heterocycles. The third-order valence-corrected chi connectivity index (χ3v) is 2.24. The lowest BCUT2D eigenvalue weighted by Crippen LogP contribution is -1.89. The van der Waals surface area contributed by atoms with Crippen molar-refractivity contribution in [2.24, 2.45) is 0 Å². The zero-order valence-corrected chi connectivity index (χ0v) is 8.10. The first-order valence-electron chi connectivity index (χ1n) is 3.68. The Balaban J connectivity index is 2.87. The first-order chi connectivity index (χ1) is 6.16. The van der Waals surface area contributed by atoms with E-state index < -0.39 is 0 Å². The summed E-state index contributed by atoms with van der Waals surface area (Å²) in [5.74, 6) is 0.455. The normalized spacial score (nSPS) is 10.6. The number of anilines is 1. The van der Waals surface area contributed by atoms with Crippen molar-refractivity contribution in [3.8, 4) is 0 Å². The number of nitrogens with two attached hydrogens (primary N) is 1. The summed E-state index contributed by atoms with van der Waals surface area (Å²) in [6.07, 6.45) is 0. The van der Waals surface area contributed by atoms with Gasteiger partial charge in [0, 0.05) is 10.4 Å². The summed E-state index contributed by atoms with van der Waals surface area (Å²) in [4.78, 5) is 4.10. The second kappa shape index (κ2) is 3.05. The fourth-order valence-electron chi connectivity index (χ4n) is 1.17. The standard InChI is InChI=1S/C9H6Cl2N2/c10-6-3-5-1-2-8(12)13-9(5)7(11)4-6/h1-4H,(H2,12,13). The van der Waals surface area contributed by atoms with Gasteiger partial charge in [-0.1, -0.05) is 23.2 Å². The number of nitrogen functional groups attached to an aromatic ring is 1. The Morgan fingerprint density at radius 3 is 2.69 bits per heavy atom. The van der Waals surface area contributed by atoms with Gasteiger partial charge in [-0.15, -0.1) is 0 Å². The summed E-state index contributed by atoms with van der Waals surface area (Å²) in [7, 11) is 0. The summed E-state index contributed by atoms with van der Waals surface area (Å²) < 4.78 is 0. The quantitative estimate of drug-likeness (QED) is 0.730. The first kappa shape index (κ1) is 8.60. The number of hydrogen-bond acceptors (Lipinski definition) is 2. The number of benzene rings is 1. The van der Waals surface area contributed by atoms with Crippen LogP contribution in [0.1, 0.15) is 0 Å². The molecule has 0 saturated heterocycles. The highest BCUT2D eigenvalue weighted by Crippen LogP contribution is 2.26. The molecule has 0 bridgehead atoms. The van der Waals surface area contributed by atoms with Crippen molar-refractivity contribution in [3.63, 3.8) is 0 Å². The maximum Gasteiger partial charge on any atom is 0.124 e. The molecular formula is C9H6Cl2N2. The zero-order valence-electron chi connectivity index (χ0n) is 6.59. The molecule has 13 heavy (non-hydrogen) atoms. The number of rotatable bonds is 0. The Labute approximate surface area is 85.3 Å². The molecule has 4 heteroatoms. The number of nitrogens with zero attached hydrogens (tertiary/aromatic N) is 1. The van der Waals surface area contributed by atoms with Crippen LogP contribution in [0.4, 0.5) is 5.82 Å². The van der Waals surface area contributed by atoms with Crippen molar-refractivity contribution in [2.75, 3.05) is 5.73 Å². The molecular weight excluding hydrogens is 207 g/mol. The highest BCUT2D eigenvalue weighted by atomic mass is 35.5. The van der Waals surface area contributed by atoms with E-state index in [4.69, 9.17) is 28.9 Å². The minimum atomic E-state index is 0.455. The number of fused-ring (bicyclic) bond motifs is 1. The molecule has 2 aromatic rings. The van der Waals surface area contributed by atoms with Gasteiger partial charge in [0.05, 0.1) is 10.5 Å². The number of halogens is 2. The Hall–Kier alpha value is -0.990. The summed E-state index contributed by atoms with van der Waals surface area (Å²) in [6, 6.07) is 7.01. The van der Waals surface area contributed by atoms with Gasteiger partial charge in [0.25, 0.3) is 0 Å². The smallest absolute Gasteiger partial charge is 0.124 e. The minimum absolute atomic E-state index is 0.455. The van der Waals surface area contributed by atoms with Crippen molar-refractivity contribution in [1.82, 2.24) is 4.98 Å². The highest BCUT2D eigenvalue weighted by molar-refractivity contribution is 6.38. The van der Waals surface area contributed by atoms with Gasteiger partial charge in [0.2, 0.25) is 0 Å². The summed E-state index contributed by atoms with van der Waals surface area (Å²) in [5, 5.41) is 2.02. The van der Waals surface area contributed by atoms with Crippen LogP contribution in [0.2, 0.25) is 10.0 Å². The molecule has 0 aliphatic rings. The lowest BCUT2D eigenvalue weighted by atomic mass is 10.2. The van der Waals surface area contributed by atoms with Gasteiger partial charge in [0.15, 0.2) is 0 Å². The SMILES string of the molecule is Nc1ccc2cc(Cl)cc(Cl)c2n1. The highest BCUT2D eigenvalue weighted by Gasteiger charge is 2.02. The molecule has 66 valence electrons. The predicted molar refractivity (Wildman–Crippen MR) is 56.2 cm³/mol. The van der Waals surface area contributed by atoms with E-state index in [-0.39, 0.29) is 0 Å². The van der Waals surface area contributed by atoms with Gasteiger partial charge in [-0.3, -0.25) is 0 Å². The van der Waals surface area contributed by atoms with E-state index in [1.807, 2.05) is 6.07 Å². The third kappa shape index (κ3) is 1.55. The predicted octanol–water partition coefficient (Wildman–Crippen LogP) is 3.12. The maximum atomic E-state index is 5.93. The van der Waals surface area contributed by atoms with Crippen molar-refractivity contribution >= 4 is 39.9 Å². The molecule has 0 fully saturated rings. The molecule has 0 aliphatic carbocycles. The Kier molecular flexibility index (Phi) is 2.02. The number of pyridine rings is 1. The molecule has 0 spiro atoms. The topological polar surface area (TPSA) is 38.9 Å². The largest absolute Gasteiger partial charge is 0.384 e. The monoisotopic (exact) mass is 212 g/mol. The average Bonchev–Trinajstić information content (AvgIpc) is 2.06. The molecule has 2 nitrogen and oxygen atoms in total. The van der Waals surface area contributed by atoms with Gasteiger partial charge >= 0.3 is 0 Å². The summed E-state index contributed by atoms with van der Waals surface area (Å²) in [5.41, 5.74) is 6.21. The molecule has 0 saturated carbocycles. The van der Waals surface area contributed by atoms with Gasteiger partial charge in [-0.2, -0.15) is 0 Å². The van der Waals surface area contributed by atoms with E-state index >= 15 is 0 Å². The molecule has 1 aromatic carbocycles. The summed E-state index contributed by atoms with van der Waals surface area (Å²) in [6.45, 7) is 0. The van der Waals surface area contributed by atoms with E-state index in [0.29, 0.717) is 21.4 Å². The van der Waals surface area contributed by atoms with Crippen LogP contribution in [-0.2, 0) is 0 Å². The minimum Gasteiger partial charge on any atom is -0.384 e. The van der Waals surface area contributed by atoms with Crippen LogP contribution < -0.4 is 5.73 Å². The molecule has 1 heterocycles. The molecule has 2 N–H and O–H groups in total. The second-order valence-corrected chi connectivity index (χ2v) is 3.54. The van der Waals surface area contributed by atoms with Gasteiger partial charge in [0.1, 0.15) is 5.82 Å². The third-order valence-electron chi connectivity index (χ3n) is 1.73. The van der Waals surface area contributed by atoms with Crippen LogP contribution >= 0.6 is 23.2 Å². The fraction of sp³-hybridized carbons (Fsp3) is 0. The van der Waals surface area contributed by atoms with Gasteiger partial charge in [-0.05, 0) is 24.3 Å². The average molecular weight is 213 g/mol. The fourth-order valence-corrected chi connectivity index (χ4v) is 1.72. The first-order valence-corrected chi connectivity index (χ1v) is 4.44.